The molecule has 0 radical (unpaired) electrons. The highest BCUT2D eigenvalue weighted by molar-refractivity contribution is 5.77. The quantitative estimate of drug-likeness (QED) is 0.591. The number of carbonyl (C=O) groups is 1. The van der Waals surface area contributed by atoms with Gasteiger partial charge < -0.3 is 14.9 Å². The average Bonchev–Trinajstić information content (AvgIpc) is 2.88. The first kappa shape index (κ1) is 12.3. The maximum Gasteiger partial charge on any atom is 0.323 e. The van der Waals surface area contributed by atoms with E-state index in [2.05, 4.69) is 4.90 Å². The van der Waals surface area contributed by atoms with Crippen molar-refractivity contribution in [3.63, 3.8) is 0 Å². The highest BCUT2D eigenvalue weighted by atomic mass is 16.5. The molecule has 2 N–H and O–H groups in total. The second-order valence-corrected chi connectivity index (χ2v) is 5.18. The third kappa shape index (κ3) is 1.85. The van der Waals surface area contributed by atoms with Crippen LogP contribution < -0.4 is 0 Å². The lowest BCUT2D eigenvalue weighted by molar-refractivity contribution is -0.147. The van der Waals surface area contributed by atoms with Gasteiger partial charge in [-0.3, -0.25) is 9.69 Å². The Morgan fingerprint density at radius 3 is 2.84 bits per heavy atom. The van der Waals surface area contributed by atoms with Crippen LogP contribution in [-0.2, 0) is 16.0 Å². The second kappa shape index (κ2) is 4.42. The monoisotopic (exact) mass is 263 g/mol. The summed E-state index contributed by atoms with van der Waals surface area (Å²) in [6.45, 7) is 0.867. The predicted molar refractivity (Wildman–Crippen MR) is 68.0 cm³/mol. The zero-order valence-corrected chi connectivity index (χ0v) is 10.8. The Bertz CT molecular complexity index is 528. The minimum absolute atomic E-state index is 0.0953. The van der Waals surface area contributed by atoms with Gasteiger partial charge in [0.05, 0.1) is 7.11 Å². The number of methoxy groups -OCH3 is 1. The second-order valence-electron chi connectivity index (χ2n) is 5.18. The fourth-order valence-electron chi connectivity index (χ4n) is 3.30. The van der Waals surface area contributed by atoms with E-state index in [9.17, 15) is 15.0 Å². The lowest BCUT2D eigenvalue weighted by Gasteiger charge is -2.37. The molecule has 1 fully saturated rings. The molecule has 102 valence electrons. The van der Waals surface area contributed by atoms with E-state index < -0.39 is 0 Å². The van der Waals surface area contributed by atoms with Gasteiger partial charge in [0, 0.05) is 6.04 Å². The first-order valence-corrected chi connectivity index (χ1v) is 6.50. The van der Waals surface area contributed by atoms with E-state index in [-0.39, 0.29) is 29.6 Å². The van der Waals surface area contributed by atoms with E-state index in [0.717, 1.165) is 30.5 Å². The van der Waals surface area contributed by atoms with Crippen LogP contribution in [0.25, 0.3) is 0 Å². The summed E-state index contributed by atoms with van der Waals surface area (Å²) in [5, 5.41) is 19.3. The first-order valence-electron chi connectivity index (χ1n) is 6.50. The van der Waals surface area contributed by atoms with Crippen LogP contribution in [0, 0.1) is 0 Å². The summed E-state index contributed by atoms with van der Waals surface area (Å²) in [6, 6.07) is 3.05. The summed E-state index contributed by atoms with van der Waals surface area (Å²) in [5.41, 5.74) is 1.95. The number of hydrogen-bond acceptors (Lipinski definition) is 5. The zero-order chi connectivity index (χ0) is 13.6. The normalized spacial score (nSPS) is 25.7. The highest BCUT2D eigenvalue weighted by Crippen LogP contribution is 2.43. The van der Waals surface area contributed by atoms with Crippen molar-refractivity contribution < 1.29 is 19.7 Å². The van der Waals surface area contributed by atoms with Gasteiger partial charge >= 0.3 is 5.97 Å². The Labute approximate surface area is 111 Å². The molecule has 5 heteroatoms. The number of phenolic OH excluding ortho intramolecular Hbond substituents is 2. The minimum atomic E-state index is -0.283. The Kier molecular flexibility index (Phi) is 2.86. The lowest BCUT2D eigenvalue weighted by Crippen LogP contribution is -2.46. The molecule has 2 aliphatic heterocycles. The molecule has 0 unspecified atom stereocenters. The molecular formula is C14H17NO4. The van der Waals surface area contributed by atoms with Crippen molar-refractivity contribution in [2.45, 2.75) is 31.3 Å². The van der Waals surface area contributed by atoms with Crippen LogP contribution in [-0.4, -0.2) is 40.8 Å². The smallest absolute Gasteiger partial charge is 0.323 e. The molecule has 0 aliphatic carbocycles. The van der Waals surface area contributed by atoms with Crippen molar-refractivity contribution in [1.82, 2.24) is 4.90 Å². The SMILES string of the molecule is COC(=O)[C@@H]1Cc2cc(O)c(O)cc2[C@@H]2CCCN12. The molecule has 0 aromatic heterocycles. The molecule has 0 bridgehead atoms. The Morgan fingerprint density at radius 1 is 1.37 bits per heavy atom. The van der Waals surface area contributed by atoms with Gasteiger partial charge in [-0.25, -0.2) is 0 Å². The van der Waals surface area contributed by atoms with Gasteiger partial charge in [-0.2, -0.15) is 0 Å². The molecule has 0 saturated carbocycles. The highest BCUT2D eigenvalue weighted by Gasteiger charge is 2.41. The van der Waals surface area contributed by atoms with Crippen LogP contribution in [0.15, 0.2) is 12.1 Å². The van der Waals surface area contributed by atoms with Gasteiger partial charge in [-0.1, -0.05) is 0 Å². The van der Waals surface area contributed by atoms with Gasteiger partial charge in [0.2, 0.25) is 0 Å². The van der Waals surface area contributed by atoms with Crippen molar-refractivity contribution in [2.75, 3.05) is 13.7 Å². The summed E-state index contributed by atoms with van der Waals surface area (Å²) >= 11 is 0. The molecule has 0 amide bonds. The van der Waals surface area contributed by atoms with Gasteiger partial charge in [0.1, 0.15) is 6.04 Å². The van der Waals surface area contributed by atoms with E-state index in [4.69, 9.17) is 4.74 Å². The molecule has 1 aromatic carbocycles. The maximum absolute atomic E-state index is 11.9. The zero-order valence-electron chi connectivity index (χ0n) is 10.8. The van der Waals surface area contributed by atoms with Crippen LogP contribution in [0.2, 0.25) is 0 Å². The van der Waals surface area contributed by atoms with Crippen molar-refractivity contribution in [3.05, 3.63) is 23.3 Å². The standard InChI is InChI=1S/C14H17NO4/c1-19-14(18)11-5-8-6-12(16)13(17)7-9(8)10-3-2-4-15(10)11/h6-7,10-11,16-17H,2-5H2,1H3/t10-,11-/m0/s1. The molecule has 5 nitrogen and oxygen atoms in total. The molecule has 19 heavy (non-hydrogen) atoms. The lowest BCUT2D eigenvalue weighted by atomic mass is 9.88. The van der Waals surface area contributed by atoms with Crippen molar-refractivity contribution in [1.29, 1.82) is 0 Å². The number of ether oxygens (including phenoxy) is 1. The molecular weight excluding hydrogens is 246 g/mol. The van der Waals surface area contributed by atoms with Gasteiger partial charge in [0.25, 0.3) is 0 Å². The minimum Gasteiger partial charge on any atom is -0.504 e. The molecule has 1 saturated heterocycles. The number of benzene rings is 1. The number of phenols is 2. The van der Waals surface area contributed by atoms with Crippen molar-refractivity contribution >= 4 is 5.97 Å². The van der Waals surface area contributed by atoms with Crippen molar-refractivity contribution in [3.8, 4) is 11.5 Å². The number of esters is 1. The molecule has 0 spiro atoms. The summed E-state index contributed by atoms with van der Waals surface area (Å²) < 4.78 is 4.87. The molecule has 1 aromatic rings. The van der Waals surface area contributed by atoms with Crippen LogP contribution in [0.4, 0.5) is 0 Å². The van der Waals surface area contributed by atoms with Gasteiger partial charge in [0.15, 0.2) is 11.5 Å². The first-order chi connectivity index (χ1) is 9.11. The number of carbonyl (C=O) groups excluding carboxylic acids is 1. The average molecular weight is 263 g/mol. The Hall–Kier alpha value is -1.75. The Morgan fingerprint density at radius 2 is 2.11 bits per heavy atom. The number of rotatable bonds is 1. The van der Waals surface area contributed by atoms with E-state index in [0.29, 0.717) is 6.42 Å². The van der Waals surface area contributed by atoms with E-state index in [1.54, 1.807) is 12.1 Å². The molecule has 3 rings (SSSR count). The van der Waals surface area contributed by atoms with Gasteiger partial charge in [-0.15, -0.1) is 0 Å². The van der Waals surface area contributed by atoms with E-state index in [1.165, 1.54) is 7.11 Å². The van der Waals surface area contributed by atoms with Crippen LogP contribution in [0.5, 0.6) is 11.5 Å². The number of aromatic hydroxyl groups is 2. The van der Waals surface area contributed by atoms with E-state index >= 15 is 0 Å². The van der Waals surface area contributed by atoms with Crippen molar-refractivity contribution in [2.24, 2.45) is 0 Å². The molecule has 2 atom stereocenters. The fraction of sp³-hybridized carbons (Fsp3) is 0.500. The Balaban J connectivity index is 2.05. The van der Waals surface area contributed by atoms with Crippen LogP contribution in [0.1, 0.15) is 30.0 Å². The molecule has 2 aliphatic rings. The third-order valence-corrected chi connectivity index (χ3v) is 4.18. The summed E-state index contributed by atoms with van der Waals surface area (Å²) in [7, 11) is 1.40. The number of nitrogens with zero attached hydrogens (tertiary/aromatic N) is 1. The topological polar surface area (TPSA) is 70.0 Å². The predicted octanol–water partition coefficient (Wildman–Crippen LogP) is 1.33. The summed E-state index contributed by atoms with van der Waals surface area (Å²) in [5.74, 6) is -0.457. The summed E-state index contributed by atoms with van der Waals surface area (Å²) in [4.78, 5) is 14.0. The maximum atomic E-state index is 11.9. The largest absolute Gasteiger partial charge is 0.504 e. The van der Waals surface area contributed by atoms with Gasteiger partial charge in [-0.05, 0) is 49.1 Å². The van der Waals surface area contributed by atoms with E-state index in [1.807, 2.05) is 0 Å². The number of fused-ring (bicyclic) bond motifs is 3. The summed E-state index contributed by atoms with van der Waals surface area (Å²) in [6.07, 6.45) is 2.51. The number of hydrogen-bond donors (Lipinski definition) is 2. The fourth-order valence-corrected chi connectivity index (χ4v) is 3.30. The molecule has 2 heterocycles. The van der Waals surface area contributed by atoms with Crippen LogP contribution >= 0.6 is 0 Å². The third-order valence-electron chi connectivity index (χ3n) is 4.18. The van der Waals surface area contributed by atoms with Crippen LogP contribution in [0.3, 0.4) is 0 Å².